The third-order valence-electron chi connectivity index (χ3n) is 5.62. The minimum atomic E-state index is 0.359. The minimum absolute atomic E-state index is 0.359. The molecule has 0 aliphatic carbocycles. The number of hydrogen-bond acceptors (Lipinski definition) is 3. The highest BCUT2D eigenvalue weighted by atomic mass is 16.5. The van der Waals surface area contributed by atoms with Gasteiger partial charge in [0.2, 0.25) is 0 Å². The van der Waals surface area contributed by atoms with Crippen molar-refractivity contribution >= 4 is 0 Å². The first-order chi connectivity index (χ1) is 10.1. The molecule has 0 amide bonds. The fourth-order valence-corrected chi connectivity index (χ4v) is 3.64. The van der Waals surface area contributed by atoms with E-state index in [1.807, 2.05) is 0 Å². The van der Waals surface area contributed by atoms with Crippen molar-refractivity contribution in [2.75, 3.05) is 26.2 Å². The molecule has 0 aromatic heterocycles. The second kappa shape index (κ2) is 5.98. The first kappa shape index (κ1) is 14.9. The van der Waals surface area contributed by atoms with Crippen molar-refractivity contribution in [1.82, 2.24) is 4.90 Å². The van der Waals surface area contributed by atoms with Gasteiger partial charge in [-0.1, -0.05) is 32.4 Å². The van der Waals surface area contributed by atoms with Crippen LogP contribution in [-0.4, -0.2) is 31.1 Å². The Bertz CT molecular complexity index is 492. The molecule has 0 saturated carbocycles. The number of hydrogen-bond donors (Lipinski definition) is 1. The SMILES string of the molecule is CCC1(C)CCN(C(CN)c2ccc3c(c2)CCO3)CC1. The zero-order valence-electron chi connectivity index (χ0n) is 13.4. The number of ether oxygens (including phenoxy) is 1. The molecule has 1 aromatic carbocycles. The maximum absolute atomic E-state index is 6.11. The highest BCUT2D eigenvalue weighted by Crippen LogP contribution is 2.37. The molecule has 2 N–H and O–H groups in total. The Morgan fingerprint density at radius 3 is 2.76 bits per heavy atom. The third-order valence-corrected chi connectivity index (χ3v) is 5.62. The summed E-state index contributed by atoms with van der Waals surface area (Å²) in [5.41, 5.74) is 9.35. The van der Waals surface area contributed by atoms with Crippen LogP contribution in [0.5, 0.6) is 5.75 Å². The van der Waals surface area contributed by atoms with E-state index in [0.29, 0.717) is 18.0 Å². The van der Waals surface area contributed by atoms with Crippen molar-refractivity contribution in [2.45, 2.75) is 45.6 Å². The van der Waals surface area contributed by atoms with E-state index < -0.39 is 0 Å². The maximum Gasteiger partial charge on any atom is 0.122 e. The number of rotatable bonds is 4. The Balaban J connectivity index is 1.74. The van der Waals surface area contributed by atoms with Crippen LogP contribution in [0, 0.1) is 5.41 Å². The van der Waals surface area contributed by atoms with Gasteiger partial charge in [0, 0.05) is 19.0 Å². The number of nitrogens with two attached hydrogens (primary N) is 1. The molecule has 1 fully saturated rings. The zero-order valence-corrected chi connectivity index (χ0v) is 13.4. The summed E-state index contributed by atoms with van der Waals surface area (Å²) in [6.07, 6.45) is 4.89. The normalized spacial score (nSPS) is 22.6. The van der Waals surface area contributed by atoms with Crippen molar-refractivity contribution < 1.29 is 4.74 Å². The standard InChI is InChI=1S/C18H28N2O/c1-3-18(2)7-9-20(10-8-18)16(13-19)14-4-5-17-15(12-14)6-11-21-17/h4-5,12,16H,3,6-11,13,19H2,1-2H3. The Morgan fingerprint density at radius 2 is 2.10 bits per heavy atom. The van der Waals surface area contributed by atoms with E-state index in [9.17, 15) is 0 Å². The van der Waals surface area contributed by atoms with Gasteiger partial charge in [-0.3, -0.25) is 4.90 Å². The summed E-state index contributed by atoms with van der Waals surface area (Å²) in [4.78, 5) is 2.58. The van der Waals surface area contributed by atoms with Crippen molar-refractivity contribution in [1.29, 1.82) is 0 Å². The van der Waals surface area contributed by atoms with E-state index in [2.05, 4.69) is 36.9 Å². The summed E-state index contributed by atoms with van der Waals surface area (Å²) in [5, 5.41) is 0. The van der Waals surface area contributed by atoms with Crippen molar-refractivity contribution in [3.8, 4) is 5.75 Å². The largest absolute Gasteiger partial charge is 0.493 e. The lowest BCUT2D eigenvalue weighted by atomic mass is 9.77. The van der Waals surface area contributed by atoms with Gasteiger partial charge in [0.25, 0.3) is 0 Å². The zero-order chi connectivity index (χ0) is 14.9. The average molecular weight is 288 g/mol. The number of benzene rings is 1. The summed E-state index contributed by atoms with van der Waals surface area (Å²) in [6.45, 7) is 8.60. The van der Waals surface area contributed by atoms with Crippen LogP contribution in [0.25, 0.3) is 0 Å². The Hall–Kier alpha value is -1.06. The van der Waals surface area contributed by atoms with E-state index in [0.717, 1.165) is 18.8 Å². The molecule has 1 saturated heterocycles. The Kier molecular flexibility index (Phi) is 4.23. The van der Waals surface area contributed by atoms with Gasteiger partial charge in [0.15, 0.2) is 0 Å². The topological polar surface area (TPSA) is 38.5 Å². The van der Waals surface area contributed by atoms with Gasteiger partial charge in [0.05, 0.1) is 6.61 Å². The molecule has 1 unspecified atom stereocenters. The molecule has 2 heterocycles. The van der Waals surface area contributed by atoms with Gasteiger partial charge in [-0.2, -0.15) is 0 Å². The summed E-state index contributed by atoms with van der Waals surface area (Å²) in [5.74, 6) is 1.06. The molecule has 21 heavy (non-hydrogen) atoms. The first-order valence-corrected chi connectivity index (χ1v) is 8.35. The van der Waals surface area contributed by atoms with Gasteiger partial charge in [-0.05, 0) is 48.5 Å². The third kappa shape index (κ3) is 2.95. The summed E-state index contributed by atoms with van der Waals surface area (Å²) >= 11 is 0. The fraction of sp³-hybridized carbons (Fsp3) is 0.667. The van der Waals surface area contributed by atoms with Crippen LogP contribution in [0.15, 0.2) is 18.2 Å². The molecule has 3 nitrogen and oxygen atoms in total. The smallest absolute Gasteiger partial charge is 0.122 e. The molecule has 0 spiro atoms. The summed E-state index contributed by atoms with van der Waals surface area (Å²) < 4.78 is 5.61. The second-order valence-electron chi connectivity index (χ2n) is 6.92. The van der Waals surface area contributed by atoms with Gasteiger partial charge >= 0.3 is 0 Å². The molecule has 0 bridgehead atoms. The van der Waals surface area contributed by atoms with E-state index in [1.54, 1.807) is 0 Å². The highest BCUT2D eigenvalue weighted by Gasteiger charge is 2.31. The molecule has 0 radical (unpaired) electrons. The quantitative estimate of drug-likeness (QED) is 0.925. The molecular formula is C18H28N2O. The van der Waals surface area contributed by atoms with Gasteiger partial charge in [-0.15, -0.1) is 0 Å². The van der Waals surface area contributed by atoms with Gasteiger partial charge in [-0.25, -0.2) is 0 Å². The number of nitrogens with zero attached hydrogens (tertiary/aromatic N) is 1. The molecule has 1 atom stereocenters. The Labute approximate surface area is 128 Å². The predicted molar refractivity (Wildman–Crippen MR) is 86.6 cm³/mol. The molecular weight excluding hydrogens is 260 g/mol. The Morgan fingerprint density at radius 1 is 1.33 bits per heavy atom. The van der Waals surface area contributed by atoms with Crippen LogP contribution in [0.2, 0.25) is 0 Å². The highest BCUT2D eigenvalue weighted by molar-refractivity contribution is 5.41. The van der Waals surface area contributed by atoms with E-state index in [1.165, 1.54) is 43.5 Å². The first-order valence-electron chi connectivity index (χ1n) is 8.35. The lowest BCUT2D eigenvalue weighted by Gasteiger charge is -2.42. The average Bonchev–Trinajstić information content (AvgIpc) is 2.98. The van der Waals surface area contributed by atoms with Crippen LogP contribution in [0.1, 0.15) is 50.3 Å². The van der Waals surface area contributed by atoms with Gasteiger partial charge in [0.1, 0.15) is 5.75 Å². The number of fused-ring (bicyclic) bond motifs is 1. The van der Waals surface area contributed by atoms with Crippen LogP contribution in [0.4, 0.5) is 0 Å². The van der Waals surface area contributed by atoms with Crippen LogP contribution >= 0.6 is 0 Å². The molecule has 3 rings (SSSR count). The predicted octanol–water partition coefficient (Wildman–Crippen LogP) is 3.13. The summed E-state index contributed by atoms with van der Waals surface area (Å²) in [7, 11) is 0. The molecule has 116 valence electrons. The summed E-state index contributed by atoms with van der Waals surface area (Å²) in [6, 6.07) is 7.00. The molecule has 3 heteroatoms. The van der Waals surface area contributed by atoms with E-state index in [4.69, 9.17) is 10.5 Å². The van der Waals surface area contributed by atoms with Crippen LogP contribution in [0.3, 0.4) is 0 Å². The number of likely N-dealkylation sites (tertiary alicyclic amines) is 1. The van der Waals surface area contributed by atoms with Crippen molar-refractivity contribution in [3.05, 3.63) is 29.3 Å². The van der Waals surface area contributed by atoms with E-state index in [-0.39, 0.29) is 0 Å². The molecule has 2 aliphatic rings. The lowest BCUT2D eigenvalue weighted by Crippen LogP contribution is -2.42. The fourth-order valence-electron chi connectivity index (χ4n) is 3.64. The minimum Gasteiger partial charge on any atom is -0.493 e. The van der Waals surface area contributed by atoms with Gasteiger partial charge < -0.3 is 10.5 Å². The van der Waals surface area contributed by atoms with Crippen molar-refractivity contribution in [2.24, 2.45) is 11.1 Å². The lowest BCUT2D eigenvalue weighted by molar-refractivity contribution is 0.0829. The monoisotopic (exact) mass is 288 g/mol. The van der Waals surface area contributed by atoms with Crippen LogP contribution in [-0.2, 0) is 6.42 Å². The van der Waals surface area contributed by atoms with Crippen LogP contribution < -0.4 is 10.5 Å². The molecule has 1 aromatic rings. The second-order valence-corrected chi connectivity index (χ2v) is 6.92. The number of piperidine rings is 1. The van der Waals surface area contributed by atoms with Crippen molar-refractivity contribution in [3.63, 3.8) is 0 Å². The maximum atomic E-state index is 6.11. The molecule has 2 aliphatic heterocycles. The van der Waals surface area contributed by atoms with E-state index >= 15 is 0 Å².